The van der Waals surface area contributed by atoms with Gasteiger partial charge in [0.2, 0.25) is 0 Å². The van der Waals surface area contributed by atoms with Crippen LogP contribution >= 0.6 is 11.3 Å². The van der Waals surface area contributed by atoms with Crippen LogP contribution in [0.15, 0.2) is 35.7 Å². The van der Waals surface area contributed by atoms with Crippen molar-refractivity contribution in [1.29, 1.82) is 0 Å². The lowest BCUT2D eigenvalue weighted by atomic mass is 10.1. The molecule has 1 aromatic carbocycles. The van der Waals surface area contributed by atoms with Gasteiger partial charge >= 0.3 is 0 Å². The lowest BCUT2D eigenvalue weighted by molar-refractivity contribution is 0.103. The SMILES string of the molecule is Cc1cc(C(=O)c2ccccc2F)cs1. The molecule has 2 rings (SSSR count). The van der Waals surface area contributed by atoms with Crippen molar-refractivity contribution in [3.8, 4) is 0 Å². The molecule has 0 amide bonds. The highest BCUT2D eigenvalue weighted by Crippen LogP contribution is 2.18. The van der Waals surface area contributed by atoms with E-state index in [0.717, 1.165) is 4.88 Å². The van der Waals surface area contributed by atoms with Gasteiger partial charge in [0.05, 0.1) is 5.56 Å². The minimum atomic E-state index is -0.466. The second-order valence-corrected chi connectivity index (χ2v) is 4.37. The number of ketones is 1. The Hall–Kier alpha value is -1.48. The van der Waals surface area contributed by atoms with Crippen LogP contribution in [0, 0.1) is 12.7 Å². The van der Waals surface area contributed by atoms with E-state index in [4.69, 9.17) is 0 Å². The molecule has 15 heavy (non-hydrogen) atoms. The third-order valence-electron chi connectivity index (χ3n) is 2.11. The van der Waals surface area contributed by atoms with Crippen LogP contribution in [0.25, 0.3) is 0 Å². The molecule has 0 aliphatic carbocycles. The number of rotatable bonds is 2. The molecule has 0 aliphatic rings. The van der Waals surface area contributed by atoms with E-state index in [9.17, 15) is 9.18 Å². The molecule has 0 saturated carbocycles. The quantitative estimate of drug-likeness (QED) is 0.709. The summed E-state index contributed by atoms with van der Waals surface area (Å²) in [7, 11) is 0. The second-order valence-electron chi connectivity index (χ2n) is 3.26. The number of thiophene rings is 1. The Labute approximate surface area is 91.2 Å². The van der Waals surface area contributed by atoms with Crippen molar-refractivity contribution in [3.05, 3.63) is 57.5 Å². The van der Waals surface area contributed by atoms with E-state index in [1.54, 1.807) is 23.6 Å². The molecule has 0 unspecified atom stereocenters. The van der Waals surface area contributed by atoms with Crippen LogP contribution in [0.4, 0.5) is 4.39 Å². The van der Waals surface area contributed by atoms with Gasteiger partial charge in [-0.25, -0.2) is 4.39 Å². The monoisotopic (exact) mass is 220 g/mol. The Morgan fingerprint density at radius 1 is 1.33 bits per heavy atom. The minimum Gasteiger partial charge on any atom is -0.288 e. The Morgan fingerprint density at radius 3 is 2.67 bits per heavy atom. The van der Waals surface area contributed by atoms with Gasteiger partial charge in [0.15, 0.2) is 5.78 Å². The molecule has 0 saturated heterocycles. The molecular weight excluding hydrogens is 211 g/mol. The maximum Gasteiger partial charge on any atom is 0.196 e. The zero-order chi connectivity index (χ0) is 10.8. The first-order chi connectivity index (χ1) is 7.18. The maximum atomic E-state index is 13.3. The molecule has 1 aromatic heterocycles. The molecule has 0 radical (unpaired) electrons. The van der Waals surface area contributed by atoms with Crippen molar-refractivity contribution in [2.45, 2.75) is 6.92 Å². The largest absolute Gasteiger partial charge is 0.288 e. The predicted molar refractivity (Wildman–Crippen MR) is 58.9 cm³/mol. The average molecular weight is 220 g/mol. The first-order valence-electron chi connectivity index (χ1n) is 4.53. The van der Waals surface area contributed by atoms with Gasteiger partial charge in [-0.05, 0) is 25.1 Å². The number of hydrogen-bond donors (Lipinski definition) is 0. The van der Waals surface area contributed by atoms with Gasteiger partial charge in [0.25, 0.3) is 0 Å². The number of halogens is 1. The topological polar surface area (TPSA) is 17.1 Å². The summed E-state index contributed by atoms with van der Waals surface area (Å²) in [5.41, 5.74) is 0.693. The highest BCUT2D eigenvalue weighted by atomic mass is 32.1. The van der Waals surface area contributed by atoms with Crippen molar-refractivity contribution in [2.75, 3.05) is 0 Å². The number of benzene rings is 1. The number of carbonyl (C=O) groups excluding carboxylic acids is 1. The molecule has 3 heteroatoms. The summed E-state index contributed by atoms with van der Waals surface area (Å²) in [4.78, 5) is 12.9. The first-order valence-corrected chi connectivity index (χ1v) is 5.41. The third-order valence-corrected chi connectivity index (χ3v) is 2.97. The van der Waals surface area contributed by atoms with Crippen molar-refractivity contribution >= 4 is 17.1 Å². The van der Waals surface area contributed by atoms with Crippen LogP contribution < -0.4 is 0 Å². The Morgan fingerprint density at radius 2 is 2.07 bits per heavy atom. The van der Waals surface area contributed by atoms with E-state index in [-0.39, 0.29) is 11.3 Å². The van der Waals surface area contributed by atoms with Crippen LogP contribution in [-0.4, -0.2) is 5.78 Å². The molecule has 0 atom stereocenters. The average Bonchev–Trinajstić information content (AvgIpc) is 2.65. The molecule has 1 heterocycles. The maximum absolute atomic E-state index is 13.3. The first kappa shape index (κ1) is 10.1. The van der Waals surface area contributed by atoms with Crippen molar-refractivity contribution in [1.82, 2.24) is 0 Å². The van der Waals surface area contributed by atoms with Crippen LogP contribution in [0.1, 0.15) is 20.8 Å². The van der Waals surface area contributed by atoms with Crippen molar-refractivity contribution in [2.24, 2.45) is 0 Å². The number of hydrogen-bond acceptors (Lipinski definition) is 2. The van der Waals surface area contributed by atoms with Crippen LogP contribution in [0.3, 0.4) is 0 Å². The van der Waals surface area contributed by atoms with Gasteiger partial charge in [-0.15, -0.1) is 11.3 Å². The molecule has 0 fully saturated rings. The van der Waals surface area contributed by atoms with E-state index in [2.05, 4.69) is 0 Å². The molecule has 0 bridgehead atoms. The van der Waals surface area contributed by atoms with Crippen LogP contribution in [0.5, 0.6) is 0 Å². The minimum absolute atomic E-state index is 0.135. The summed E-state index contributed by atoms with van der Waals surface area (Å²) in [5, 5.41) is 1.75. The highest BCUT2D eigenvalue weighted by Gasteiger charge is 2.13. The summed E-state index contributed by atoms with van der Waals surface area (Å²) in [6.45, 7) is 1.92. The molecule has 0 aliphatic heterocycles. The van der Waals surface area contributed by atoms with Gasteiger partial charge < -0.3 is 0 Å². The molecular formula is C12H9FOS. The van der Waals surface area contributed by atoms with E-state index in [1.165, 1.54) is 23.5 Å². The molecule has 0 spiro atoms. The zero-order valence-electron chi connectivity index (χ0n) is 8.16. The van der Waals surface area contributed by atoms with Gasteiger partial charge in [0, 0.05) is 15.8 Å². The molecule has 76 valence electrons. The number of carbonyl (C=O) groups is 1. The normalized spacial score (nSPS) is 10.3. The summed E-state index contributed by atoms with van der Waals surface area (Å²) < 4.78 is 13.3. The zero-order valence-corrected chi connectivity index (χ0v) is 8.98. The van der Waals surface area contributed by atoms with Gasteiger partial charge in [0.1, 0.15) is 5.82 Å². The van der Waals surface area contributed by atoms with E-state index < -0.39 is 5.82 Å². The standard InChI is InChI=1S/C12H9FOS/c1-8-6-9(7-15-8)12(14)10-4-2-3-5-11(10)13/h2-7H,1H3. The summed E-state index contributed by atoms with van der Waals surface area (Å²) in [5.74, 6) is -0.719. The molecule has 2 aromatic rings. The summed E-state index contributed by atoms with van der Waals surface area (Å²) in [6.07, 6.45) is 0. The van der Waals surface area contributed by atoms with Gasteiger partial charge in [-0.1, -0.05) is 12.1 Å². The van der Waals surface area contributed by atoms with Crippen LogP contribution in [-0.2, 0) is 0 Å². The molecule has 1 nitrogen and oxygen atoms in total. The predicted octanol–water partition coefficient (Wildman–Crippen LogP) is 3.43. The lowest BCUT2D eigenvalue weighted by Gasteiger charge is -1.99. The summed E-state index contributed by atoms with van der Waals surface area (Å²) >= 11 is 1.49. The van der Waals surface area contributed by atoms with Crippen LogP contribution in [0.2, 0.25) is 0 Å². The molecule has 0 N–H and O–H groups in total. The smallest absolute Gasteiger partial charge is 0.196 e. The highest BCUT2D eigenvalue weighted by molar-refractivity contribution is 7.10. The van der Waals surface area contributed by atoms with E-state index in [0.29, 0.717) is 5.56 Å². The van der Waals surface area contributed by atoms with Crippen molar-refractivity contribution < 1.29 is 9.18 Å². The fourth-order valence-corrected chi connectivity index (χ4v) is 2.05. The Bertz CT molecular complexity index is 502. The Kier molecular flexibility index (Phi) is 2.64. The lowest BCUT2D eigenvalue weighted by Crippen LogP contribution is -2.02. The second kappa shape index (κ2) is 3.95. The number of aryl methyl sites for hydroxylation is 1. The van der Waals surface area contributed by atoms with E-state index in [1.807, 2.05) is 6.92 Å². The fraction of sp³-hybridized carbons (Fsp3) is 0.0833. The van der Waals surface area contributed by atoms with E-state index >= 15 is 0 Å². The van der Waals surface area contributed by atoms with Gasteiger partial charge in [-0.3, -0.25) is 4.79 Å². The fourth-order valence-electron chi connectivity index (χ4n) is 1.36. The van der Waals surface area contributed by atoms with Crippen molar-refractivity contribution in [3.63, 3.8) is 0 Å². The third kappa shape index (κ3) is 1.97. The van der Waals surface area contributed by atoms with Gasteiger partial charge in [-0.2, -0.15) is 0 Å². The Balaban J connectivity index is 2.41. The summed E-state index contributed by atoms with van der Waals surface area (Å²) in [6, 6.07) is 7.82.